The Hall–Kier alpha value is -2.87. The fraction of sp³-hybridized carbons (Fsp3) is 0.300. The lowest BCUT2D eigenvalue weighted by Gasteiger charge is -2.16. The van der Waals surface area contributed by atoms with E-state index in [4.69, 9.17) is 4.74 Å². The lowest BCUT2D eigenvalue weighted by Crippen LogP contribution is -2.31. The highest BCUT2D eigenvalue weighted by atomic mass is 32.2. The van der Waals surface area contributed by atoms with Crippen LogP contribution in [0.2, 0.25) is 0 Å². The van der Waals surface area contributed by atoms with Crippen molar-refractivity contribution in [1.82, 2.24) is 5.32 Å². The van der Waals surface area contributed by atoms with Gasteiger partial charge in [0, 0.05) is 12.1 Å². The second-order valence-corrected chi connectivity index (χ2v) is 8.55. The molecule has 1 fully saturated rings. The van der Waals surface area contributed by atoms with Crippen LogP contribution in [0.25, 0.3) is 0 Å². The van der Waals surface area contributed by atoms with Crippen molar-refractivity contribution in [1.29, 1.82) is 0 Å². The van der Waals surface area contributed by atoms with E-state index in [2.05, 4.69) is 5.32 Å². The number of carbonyl (C=O) groups excluding carboxylic acids is 2. The molecule has 0 radical (unpaired) electrons. The summed E-state index contributed by atoms with van der Waals surface area (Å²) in [6.07, 6.45) is 0.645. The Morgan fingerprint density at radius 1 is 1.21 bits per heavy atom. The maximum atomic E-state index is 12.4. The number of sulfonamides is 1. The Kier molecular flexibility index (Phi) is 5.69. The van der Waals surface area contributed by atoms with Gasteiger partial charge in [-0.15, -0.1) is 0 Å². The number of hydrogen-bond donors (Lipinski definition) is 1. The van der Waals surface area contributed by atoms with Crippen LogP contribution >= 0.6 is 0 Å². The lowest BCUT2D eigenvalue weighted by molar-refractivity contribution is -0.119. The fourth-order valence-electron chi connectivity index (χ4n) is 3.07. The summed E-state index contributed by atoms with van der Waals surface area (Å²) in [6, 6.07) is 13.7. The van der Waals surface area contributed by atoms with Crippen LogP contribution in [0.1, 0.15) is 22.8 Å². The third-order valence-electron chi connectivity index (χ3n) is 4.56. The molecule has 148 valence electrons. The Balaban J connectivity index is 1.66. The molecule has 2 aromatic rings. The minimum atomic E-state index is -3.70. The zero-order valence-corrected chi connectivity index (χ0v) is 16.5. The summed E-state index contributed by atoms with van der Waals surface area (Å²) >= 11 is 0. The minimum absolute atomic E-state index is 0.192. The number of anilines is 1. The van der Waals surface area contributed by atoms with Gasteiger partial charge in [0.1, 0.15) is 5.75 Å². The first kappa shape index (κ1) is 19.9. The number of amides is 2. The molecule has 0 spiro atoms. The average Bonchev–Trinajstić information content (AvgIpc) is 2.89. The molecule has 1 heterocycles. The highest BCUT2D eigenvalue weighted by Crippen LogP contribution is 2.28. The van der Waals surface area contributed by atoms with Gasteiger partial charge >= 0.3 is 0 Å². The van der Waals surface area contributed by atoms with Gasteiger partial charge in [-0.1, -0.05) is 25.1 Å². The third kappa shape index (κ3) is 4.17. The molecule has 0 saturated carbocycles. The fourth-order valence-corrected chi connectivity index (χ4v) is 4.89. The Bertz CT molecular complexity index is 986. The SMILES string of the molecule is COc1ccc(CCNC(=O)c2cccc(N3C(=O)C(C)CS3(=O)=O)c2)cc1. The molecular weight excluding hydrogens is 380 g/mol. The number of ether oxygens (including phenoxy) is 1. The summed E-state index contributed by atoms with van der Waals surface area (Å²) in [5.41, 5.74) is 1.55. The summed E-state index contributed by atoms with van der Waals surface area (Å²) in [5.74, 6) is -0.841. The van der Waals surface area contributed by atoms with Gasteiger partial charge < -0.3 is 10.1 Å². The lowest BCUT2D eigenvalue weighted by atomic mass is 10.1. The monoisotopic (exact) mass is 402 g/mol. The maximum Gasteiger partial charge on any atom is 0.251 e. The molecule has 1 aliphatic heterocycles. The molecule has 3 rings (SSSR count). The van der Waals surface area contributed by atoms with E-state index >= 15 is 0 Å². The predicted molar refractivity (Wildman–Crippen MR) is 106 cm³/mol. The van der Waals surface area contributed by atoms with Crippen LogP contribution in [-0.4, -0.2) is 39.6 Å². The largest absolute Gasteiger partial charge is 0.497 e. The van der Waals surface area contributed by atoms with Crippen LogP contribution in [0.15, 0.2) is 48.5 Å². The van der Waals surface area contributed by atoms with Crippen molar-refractivity contribution >= 4 is 27.5 Å². The first-order valence-electron chi connectivity index (χ1n) is 8.90. The molecule has 1 N–H and O–H groups in total. The summed E-state index contributed by atoms with van der Waals surface area (Å²) < 4.78 is 30.4. The smallest absolute Gasteiger partial charge is 0.251 e. The third-order valence-corrected chi connectivity index (χ3v) is 6.43. The normalized spacial score (nSPS) is 18.1. The van der Waals surface area contributed by atoms with Crippen molar-refractivity contribution in [3.8, 4) is 5.75 Å². The van der Waals surface area contributed by atoms with E-state index in [0.717, 1.165) is 15.6 Å². The van der Waals surface area contributed by atoms with E-state index in [9.17, 15) is 18.0 Å². The van der Waals surface area contributed by atoms with E-state index in [1.54, 1.807) is 26.2 Å². The van der Waals surface area contributed by atoms with Crippen molar-refractivity contribution < 1.29 is 22.7 Å². The van der Waals surface area contributed by atoms with E-state index in [0.29, 0.717) is 18.5 Å². The zero-order chi connectivity index (χ0) is 20.3. The summed E-state index contributed by atoms with van der Waals surface area (Å²) in [6.45, 7) is 2.00. The number of hydrogen-bond acceptors (Lipinski definition) is 5. The van der Waals surface area contributed by atoms with Gasteiger partial charge in [-0.25, -0.2) is 12.7 Å². The average molecular weight is 402 g/mol. The number of carbonyl (C=O) groups is 2. The second-order valence-electron chi connectivity index (χ2n) is 6.69. The van der Waals surface area contributed by atoms with Crippen LogP contribution in [0, 0.1) is 5.92 Å². The summed E-state index contributed by atoms with van der Waals surface area (Å²) in [4.78, 5) is 24.6. The van der Waals surface area contributed by atoms with Crippen molar-refractivity contribution in [2.24, 2.45) is 5.92 Å². The van der Waals surface area contributed by atoms with Crippen LogP contribution < -0.4 is 14.4 Å². The highest BCUT2D eigenvalue weighted by molar-refractivity contribution is 7.94. The van der Waals surface area contributed by atoms with E-state index < -0.39 is 21.8 Å². The molecule has 1 unspecified atom stereocenters. The van der Waals surface area contributed by atoms with Crippen LogP contribution in [-0.2, 0) is 21.2 Å². The second kappa shape index (κ2) is 8.02. The number of nitrogens with one attached hydrogen (secondary N) is 1. The van der Waals surface area contributed by atoms with Crippen LogP contribution in [0.4, 0.5) is 5.69 Å². The number of nitrogens with zero attached hydrogens (tertiary/aromatic N) is 1. The Morgan fingerprint density at radius 2 is 1.93 bits per heavy atom. The number of methoxy groups -OCH3 is 1. The van der Waals surface area contributed by atoms with Gasteiger partial charge in [0.05, 0.1) is 24.5 Å². The molecule has 0 aliphatic carbocycles. The Morgan fingerprint density at radius 3 is 2.54 bits per heavy atom. The van der Waals surface area contributed by atoms with Gasteiger partial charge in [-0.2, -0.15) is 0 Å². The van der Waals surface area contributed by atoms with Crippen molar-refractivity contribution in [3.05, 3.63) is 59.7 Å². The molecule has 2 aromatic carbocycles. The minimum Gasteiger partial charge on any atom is -0.497 e. The van der Waals surface area contributed by atoms with Crippen molar-refractivity contribution in [2.45, 2.75) is 13.3 Å². The molecular formula is C20H22N2O5S. The van der Waals surface area contributed by atoms with E-state index in [1.165, 1.54) is 12.1 Å². The molecule has 1 aliphatic rings. The van der Waals surface area contributed by atoms with Gasteiger partial charge in [0.25, 0.3) is 5.91 Å². The van der Waals surface area contributed by atoms with Gasteiger partial charge in [-0.3, -0.25) is 9.59 Å². The maximum absolute atomic E-state index is 12.4. The Labute approximate surface area is 164 Å². The molecule has 2 amide bonds. The van der Waals surface area contributed by atoms with Crippen LogP contribution in [0.3, 0.4) is 0 Å². The molecule has 1 saturated heterocycles. The predicted octanol–water partition coefficient (Wildman–Crippen LogP) is 1.98. The summed E-state index contributed by atoms with van der Waals surface area (Å²) in [7, 11) is -2.10. The molecule has 8 heteroatoms. The van der Waals surface area contributed by atoms with Gasteiger partial charge in [0.2, 0.25) is 15.9 Å². The number of benzene rings is 2. The molecule has 0 bridgehead atoms. The quantitative estimate of drug-likeness (QED) is 0.798. The summed E-state index contributed by atoms with van der Waals surface area (Å²) in [5, 5.41) is 2.81. The first-order chi connectivity index (χ1) is 13.3. The molecule has 0 aromatic heterocycles. The molecule has 28 heavy (non-hydrogen) atoms. The molecule has 1 atom stereocenters. The van der Waals surface area contributed by atoms with Crippen LogP contribution in [0.5, 0.6) is 5.75 Å². The highest BCUT2D eigenvalue weighted by Gasteiger charge is 2.42. The topological polar surface area (TPSA) is 92.8 Å². The van der Waals surface area contributed by atoms with E-state index in [-0.39, 0.29) is 17.3 Å². The van der Waals surface area contributed by atoms with Gasteiger partial charge in [-0.05, 0) is 42.3 Å². The number of rotatable bonds is 6. The van der Waals surface area contributed by atoms with Gasteiger partial charge in [0.15, 0.2) is 0 Å². The van der Waals surface area contributed by atoms with Crippen molar-refractivity contribution in [2.75, 3.05) is 23.7 Å². The van der Waals surface area contributed by atoms with E-state index in [1.807, 2.05) is 24.3 Å². The molecule has 7 nitrogen and oxygen atoms in total. The van der Waals surface area contributed by atoms with Crippen molar-refractivity contribution in [3.63, 3.8) is 0 Å². The zero-order valence-electron chi connectivity index (χ0n) is 15.7. The standard InChI is InChI=1S/C20H22N2O5S/c1-14-13-28(25,26)22(20(14)24)17-5-3-4-16(12-17)19(23)21-11-10-15-6-8-18(27-2)9-7-15/h3-9,12,14H,10-11,13H2,1-2H3,(H,21,23). The first-order valence-corrected chi connectivity index (χ1v) is 10.5.